The largest absolute Gasteiger partial charge is 0.435 e. The van der Waals surface area contributed by atoms with Crippen LogP contribution in [0.25, 0.3) is 0 Å². The Morgan fingerprint density at radius 2 is 2.06 bits per heavy atom. The Hall–Kier alpha value is -1.69. The highest BCUT2D eigenvalue weighted by atomic mass is 19.3. The van der Waals surface area contributed by atoms with Crippen molar-refractivity contribution in [2.24, 2.45) is 5.73 Å². The summed E-state index contributed by atoms with van der Waals surface area (Å²) in [7, 11) is 0. The van der Waals surface area contributed by atoms with Gasteiger partial charge in [0.2, 0.25) is 0 Å². The van der Waals surface area contributed by atoms with Gasteiger partial charge in [0, 0.05) is 24.7 Å². The van der Waals surface area contributed by atoms with Crippen LogP contribution in [0.1, 0.15) is 16.8 Å². The number of ether oxygens (including phenoxy) is 1. The number of carbonyl (C=O) groups is 1. The molecule has 1 saturated heterocycles. The molecular formula is C12H14F2N2O2. The molecule has 0 saturated carbocycles. The monoisotopic (exact) mass is 256 g/mol. The maximum atomic E-state index is 12.0. The molecule has 2 rings (SSSR count). The van der Waals surface area contributed by atoms with E-state index in [1.807, 2.05) is 0 Å². The summed E-state index contributed by atoms with van der Waals surface area (Å²) in [4.78, 5) is 13.7. The average molecular weight is 256 g/mol. The quantitative estimate of drug-likeness (QED) is 0.890. The second-order valence-electron chi connectivity index (χ2n) is 4.20. The third kappa shape index (κ3) is 2.95. The first-order chi connectivity index (χ1) is 8.56. The number of hydrogen-bond acceptors (Lipinski definition) is 3. The van der Waals surface area contributed by atoms with E-state index < -0.39 is 6.61 Å². The summed E-state index contributed by atoms with van der Waals surface area (Å²) < 4.78 is 28.1. The highest BCUT2D eigenvalue weighted by Gasteiger charge is 2.24. The van der Waals surface area contributed by atoms with Crippen LogP contribution in [0, 0.1) is 0 Å². The Morgan fingerprint density at radius 3 is 2.56 bits per heavy atom. The Bertz CT molecular complexity index is 423. The lowest BCUT2D eigenvalue weighted by atomic mass is 10.2. The van der Waals surface area contributed by atoms with E-state index in [2.05, 4.69) is 4.74 Å². The van der Waals surface area contributed by atoms with E-state index in [-0.39, 0.29) is 17.7 Å². The van der Waals surface area contributed by atoms with Gasteiger partial charge in [0.25, 0.3) is 5.91 Å². The lowest BCUT2D eigenvalue weighted by Crippen LogP contribution is -2.31. The van der Waals surface area contributed by atoms with Crippen LogP contribution in [0.15, 0.2) is 24.3 Å². The first-order valence-electron chi connectivity index (χ1n) is 5.66. The number of nitrogens with two attached hydrogens (primary N) is 1. The van der Waals surface area contributed by atoms with Crippen LogP contribution in [0.2, 0.25) is 0 Å². The number of carbonyl (C=O) groups excluding carboxylic acids is 1. The molecule has 0 spiro atoms. The van der Waals surface area contributed by atoms with Crippen LogP contribution >= 0.6 is 0 Å². The van der Waals surface area contributed by atoms with Crippen LogP contribution < -0.4 is 10.5 Å². The molecule has 0 aliphatic carbocycles. The van der Waals surface area contributed by atoms with Gasteiger partial charge in [-0.15, -0.1) is 0 Å². The molecule has 1 aliphatic heterocycles. The first-order valence-corrected chi connectivity index (χ1v) is 5.66. The third-order valence-electron chi connectivity index (χ3n) is 2.84. The SMILES string of the molecule is NC1CCN(C(=O)c2ccc(OC(F)F)cc2)C1. The Labute approximate surface area is 103 Å². The number of likely N-dealkylation sites (tertiary alicyclic amines) is 1. The summed E-state index contributed by atoms with van der Waals surface area (Å²) in [5.74, 6) is -0.0915. The fraction of sp³-hybridized carbons (Fsp3) is 0.417. The van der Waals surface area contributed by atoms with E-state index in [1.54, 1.807) is 4.90 Å². The summed E-state index contributed by atoms with van der Waals surface area (Å²) >= 11 is 0. The number of hydrogen-bond donors (Lipinski definition) is 1. The van der Waals surface area contributed by atoms with Gasteiger partial charge in [0.05, 0.1) is 0 Å². The number of rotatable bonds is 3. The minimum Gasteiger partial charge on any atom is -0.435 e. The smallest absolute Gasteiger partial charge is 0.387 e. The highest BCUT2D eigenvalue weighted by Crippen LogP contribution is 2.17. The van der Waals surface area contributed by atoms with Gasteiger partial charge >= 0.3 is 6.61 Å². The van der Waals surface area contributed by atoms with Gasteiger partial charge in [-0.3, -0.25) is 4.79 Å². The lowest BCUT2D eigenvalue weighted by Gasteiger charge is -2.15. The molecule has 1 aromatic carbocycles. The molecule has 0 aromatic heterocycles. The second kappa shape index (κ2) is 5.30. The minimum atomic E-state index is -2.86. The van der Waals surface area contributed by atoms with E-state index in [0.717, 1.165) is 6.42 Å². The van der Waals surface area contributed by atoms with E-state index in [9.17, 15) is 13.6 Å². The maximum Gasteiger partial charge on any atom is 0.387 e. The van der Waals surface area contributed by atoms with Crippen molar-refractivity contribution in [2.75, 3.05) is 13.1 Å². The average Bonchev–Trinajstić information content (AvgIpc) is 2.75. The number of amides is 1. The summed E-state index contributed by atoms with van der Waals surface area (Å²) in [6.45, 7) is -1.69. The van der Waals surface area contributed by atoms with Crippen molar-refractivity contribution in [2.45, 2.75) is 19.1 Å². The van der Waals surface area contributed by atoms with Gasteiger partial charge in [0.1, 0.15) is 5.75 Å². The van der Waals surface area contributed by atoms with Crippen molar-refractivity contribution in [1.29, 1.82) is 0 Å². The standard InChI is InChI=1S/C12H14F2N2O2/c13-12(14)18-10-3-1-8(2-4-10)11(17)16-6-5-9(15)7-16/h1-4,9,12H,5-7,15H2. The molecule has 1 atom stereocenters. The summed E-state index contributed by atoms with van der Waals surface area (Å²) in [5, 5.41) is 0. The van der Waals surface area contributed by atoms with Crippen LogP contribution in [0.3, 0.4) is 0 Å². The molecule has 4 nitrogen and oxygen atoms in total. The van der Waals surface area contributed by atoms with Crippen molar-refractivity contribution >= 4 is 5.91 Å². The summed E-state index contributed by atoms with van der Waals surface area (Å²) in [5.41, 5.74) is 6.17. The van der Waals surface area contributed by atoms with Crippen LogP contribution in [0.4, 0.5) is 8.78 Å². The molecule has 1 heterocycles. The van der Waals surface area contributed by atoms with Gasteiger partial charge in [-0.05, 0) is 30.7 Å². The van der Waals surface area contributed by atoms with Crippen molar-refractivity contribution in [3.63, 3.8) is 0 Å². The molecule has 2 N–H and O–H groups in total. The van der Waals surface area contributed by atoms with E-state index in [1.165, 1.54) is 24.3 Å². The molecule has 98 valence electrons. The number of benzene rings is 1. The zero-order chi connectivity index (χ0) is 13.1. The zero-order valence-electron chi connectivity index (χ0n) is 9.68. The number of halogens is 2. The fourth-order valence-corrected chi connectivity index (χ4v) is 1.93. The molecule has 0 radical (unpaired) electrons. The molecule has 1 aliphatic rings. The molecule has 18 heavy (non-hydrogen) atoms. The first kappa shape index (κ1) is 12.8. The molecule has 0 bridgehead atoms. The van der Waals surface area contributed by atoms with Crippen LogP contribution in [-0.2, 0) is 0 Å². The predicted molar refractivity (Wildman–Crippen MR) is 61.6 cm³/mol. The van der Waals surface area contributed by atoms with Crippen molar-refractivity contribution < 1.29 is 18.3 Å². The summed E-state index contributed by atoms with van der Waals surface area (Å²) in [6, 6.07) is 5.69. The van der Waals surface area contributed by atoms with E-state index in [0.29, 0.717) is 18.7 Å². The second-order valence-corrected chi connectivity index (χ2v) is 4.20. The van der Waals surface area contributed by atoms with Gasteiger partial charge in [-0.2, -0.15) is 8.78 Å². The molecule has 6 heteroatoms. The van der Waals surface area contributed by atoms with Crippen LogP contribution in [0.5, 0.6) is 5.75 Å². The Kier molecular flexibility index (Phi) is 3.76. The van der Waals surface area contributed by atoms with Gasteiger partial charge in [0.15, 0.2) is 0 Å². The van der Waals surface area contributed by atoms with Crippen molar-refractivity contribution in [3.05, 3.63) is 29.8 Å². The molecule has 1 unspecified atom stereocenters. The normalized spacial score (nSPS) is 19.3. The fourth-order valence-electron chi connectivity index (χ4n) is 1.93. The number of alkyl halides is 2. The topological polar surface area (TPSA) is 55.6 Å². The lowest BCUT2D eigenvalue weighted by molar-refractivity contribution is -0.0498. The van der Waals surface area contributed by atoms with Gasteiger partial charge in [-0.25, -0.2) is 0 Å². The zero-order valence-corrected chi connectivity index (χ0v) is 9.68. The third-order valence-corrected chi connectivity index (χ3v) is 2.84. The van der Waals surface area contributed by atoms with Crippen molar-refractivity contribution in [1.82, 2.24) is 4.90 Å². The van der Waals surface area contributed by atoms with Gasteiger partial charge in [-0.1, -0.05) is 0 Å². The maximum absolute atomic E-state index is 12.0. The molecule has 1 aromatic rings. The minimum absolute atomic E-state index is 0.0235. The molecule has 1 fully saturated rings. The molecule has 1 amide bonds. The van der Waals surface area contributed by atoms with Crippen LogP contribution in [-0.4, -0.2) is 36.5 Å². The number of nitrogens with zero attached hydrogens (tertiary/aromatic N) is 1. The Balaban J connectivity index is 2.03. The van der Waals surface area contributed by atoms with E-state index in [4.69, 9.17) is 5.73 Å². The highest BCUT2D eigenvalue weighted by molar-refractivity contribution is 5.94. The van der Waals surface area contributed by atoms with E-state index >= 15 is 0 Å². The van der Waals surface area contributed by atoms with Crippen molar-refractivity contribution in [3.8, 4) is 5.75 Å². The predicted octanol–water partition coefficient (Wildman–Crippen LogP) is 1.46. The Morgan fingerprint density at radius 1 is 1.39 bits per heavy atom. The summed E-state index contributed by atoms with van der Waals surface area (Å²) in [6.07, 6.45) is 0.790. The molecular weight excluding hydrogens is 242 g/mol. The van der Waals surface area contributed by atoms with Gasteiger partial charge < -0.3 is 15.4 Å².